The highest BCUT2D eigenvalue weighted by molar-refractivity contribution is 5.85. The molecule has 0 aliphatic carbocycles. The highest BCUT2D eigenvalue weighted by Gasteiger charge is 2.15. The van der Waals surface area contributed by atoms with E-state index in [2.05, 4.69) is 0 Å². The van der Waals surface area contributed by atoms with Gasteiger partial charge in [0.2, 0.25) is 0 Å². The molecule has 0 radical (unpaired) electrons. The van der Waals surface area contributed by atoms with Crippen molar-refractivity contribution in [2.24, 2.45) is 0 Å². The average Bonchev–Trinajstić information content (AvgIpc) is 2.76. The van der Waals surface area contributed by atoms with Crippen LogP contribution in [-0.4, -0.2) is 14.2 Å². The van der Waals surface area contributed by atoms with Crippen LogP contribution in [0.4, 0.5) is 0 Å². The Labute approximate surface area is 174 Å². The molecule has 4 aromatic rings. The van der Waals surface area contributed by atoms with Gasteiger partial charge in [0, 0.05) is 6.07 Å². The number of methoxy groups -OCH3 is 2. The number of rotatable bonds is 5. The lowest BCUT2D eigenvalue weighted by Crippen LogP contribution is -2.01. The highest BCUT2D eigenvalue weighted by Crippen LogP contribution is 2.38. The molecule has 4 rings (SSSR count). The zero-order valence-corrected chi connectivity index (χ0v) is 17.3. The molecule has 0 fully saturated rings. The Bertz CT molecular complexity index is 1290. The quantitative estimate of drug-likeness (QED) is 0.417. The van der Waals surface area contributed by atoms with E-state index in [1.165, 1.54) is 0 Å². The molecule has 0 aliphatic heterocycles. The first-order valence-corrected chi connectivity index (χ1v) is 9.54. The molecule has 0 saturated carbocycles. The number of hydrogen-bond acceptors (Lipinski definition) is 5. The normalized spacial score (nSPS) is 10.8. The minimum atomic E-state index is -0.376. The summed E-state index contributed by atoms with van der Waals surface area (Å²) in [7, 11) is 3.16. The zero-order chi connectivity index (χ0) is 21.3. The van der Waals surface area contributed by atoms with Gasteiger partial charge in [-0.05, 0) is 66.8 Å². The molecule has 0 spiro atoms. The smallest absolute Gasteiger partial charge is 0.344 e. The lowest BCUT2D eigenvalue weighted by atomic mass is 10.0. The molecule has 0 N–H and O–H groups in total. The van der Waals surface area contributed by atoms with E-state index in [1.54, 1.807) is 38.5 Å². The monoisotopic (exact) mass is 402 g/mol. The summed E-state index contributed by atoms with van der Waals surface area (Å²) in [6, 6.07) is 18.5. The van der Waals surface area contributed by atoms with Crippen molar-refractivity contribution in [2.45, 2.75) is 13.8 Å². The van der Waals surface area contributed by atoms with Crippen LogP contribution in [0.5, 0.6) is 23.0 Å². The second-order valence-electron chi connectivity index (χ2n) is 7.04. The lowest BCUT2D eigenvalue weighted by Gasteiger charge is -2.15. The number of aryl methyl sites for hydroxylation is 2. The van der Waals surface area contributed by atoms with Crippen LogP contribution in [0, 0.1) is 13.8 Å². The molecule has 0 unspecified atom stereocenters. The van der Waals surface area contributed by atoms with Gasteiger partial charge in [0.25, 0.3) is 0 Å². The van der Waals surface area contributed by atoms with Crippen molar-refractivity contribution in [2.75, 3.05) is 14.2 Å². The fourth-order valence-corrected chi connectivity index (χ4v) is 3.34. The molecule has 0 saturated heterocycles. The summed E-state index contributed by atoms with van der Waals surface area (Å²) >= 11 is 0. The van der Waals surface area contributed by atoms with E-state index in [0.717, 1.165) is 16.5 Å². The molecule has 0 aliphatic rings. The molecular formula is C25H22O5. The van der Waals surface area contributed by atoms with Gasteiger partial charge in [0.05, 0.1) is 25.2 Å². The van der Waals surface area contributed by atoms with Gasteiger partial charge in [-0.1, -0.05) is 18.2 Å². The van der Waals surface area contributed by atoms with Crippen LogP contribution < -0.4 is 19.8 Å². The Balaban J connectivity index is 1.84. The summed E-state index contributed by atoms with van der Waals surface area (Å²) in [6.45, 7) is 4.02. The van der Waals surface area contributed by atoms with Gasteiger partial charge in [0.15, 0.2) is 11.5 Å². The number of ether oxygens (including phenoxy) is 3. The third-order valence-corrected chi connectivity index (χ3v) is 5.11. The summed E-state index contributed by atoms with van der Waals surface area (Å²) in [6.07, 6.45) is 0. The Morgan fingerprint density at radius 1 is 0.767 bits per heavy atom. The first-order valence-electron chi connectivity index (χ1n) is 9.54. The molecule has 0 atom stereocenters. The fourth-order valence-electron chi connectivity index (χ4n) is 3.34. The fraction of sp³-hybridized carbons (Fsp3) is 0.160. The maximum atomic E-state index is 12.5. The van der Waals surface area contributed by atoms with Crippen LogP contribution in [0.25, 0.3) is 22.1 Å². The van der Waals surface area contributed by atoms with Gasteiger partial charge in [0.1, 0.15) is 17.3 Å². The molecule has 30 heavy (non-hydrogen) atoms. The zero-order valence-electron chi connectivity index (χ0n) is 17.3. The average molecular weight is 402 g/mol. The summed E-state index contributed by atoms with van der Waals surface area (Å²) in [4.78, 5) is 12.5. The van der Waals surface area contributed by atoms with Crippen molar-refractivity contribution in [1.82, 2.24) is 0 Å². The first-order chi connectivity index (χ1) is 14.5. The van der Waals surface area contributed by atoms with Gasteiger partial charge in [-0.15, -0.1) is 0 Å². The maximum Gasteiger partial charge on any atom is 0.344 e. The summed E-state index contributed by atoms with van der Waals surface area (Å²) in [5.41, 5.74) is 2.46. The van der Waals surface area contributed by atoms with E-state index in [1.807, 2.05) is 50.2 Å². The summed E-state index contributed by atoms with van der Waals surface area (Å²) < 4.78 is 22.5. The van der Waals surface area contributed by atoms with Crippen LogP contribution in [-0.2, 0) is 0 Å². The van der Waals surface area contributed by atoms with Crippen molar-refractivity contribution in [3.63, 3.8) is 0 Å². The lowest BCUT2D eigenvalue weighted by molar-refractivity contribution is 0.352. The minimum absolute atomic E-state index is 0.376. The molecule has 1 heterocycles. The van der Waals surface area contributed by atoms with Gasteiger partial charge in [-0.3, -0.25) is 0 Å². The Morgan fingerprint density at radius 2 is 1.50 bits per heavy atom. The van der Waals surface area contributed by atoms with Crippen molar-refractivity contribution in [3.8, 4) is 34.3 Å². The van der Waals surface area contributed by atoms with Crippen LogP contribution in [0.3, 0.4) is 0 Å². The van der Waals surface area contributed by atoms with Gasteiger partial charge < -0.3 is 18.6 Å². The molecule has 0 bridgehead atoms. The van der Waals surface area contributed by atoms with Gasteiger partial charge in [-0.2, -0.15) is 0 Å². The predicted octanol–water partition coefficient (Wildman–Crippen LogP) is 5.89. The number of fused-ring (bicyclic) bond motifs is 1. The topological polar surface area (TPSA) is 57.9 Å². The summed E-state index contributed by atoms with van der Waals surface area (Å²) in [5, 5.41) is 1.37. The van der Waals surface area contributed by atoms with E-state index in [-0.39, 0.29) is 5.63 Å². The van der Waals surface area contributed by atoms with Crippen molar-refractivity contribution in [1.29, 1.82) is 0 Å². The van der Waals surface area contributed by atoms with Crippen molar-refractivity contribution >= 4 is 10.8 Å². The molecule has 0 amide bonds. The first kappa shape index (κ1) is 19.6. The van der Waals surface area contributed by atoms with Crippen LogP contribution in [0.1, 0.15) is 11.1 Å². The molecule has 1 aromatic heterocycles. The van der Waals surface area contributed by atoms with Gasteiger partial charge in [-0.25, -0.2) is 4.79 Å². The van der Waals surface area contributed by atoms with E-state index in [0.29, 0.717) is 39.7 Å². The SMILES string of the molecule is COc1ccc(Oc2cc(C)c(C)cc2-c2cc3ccccc3c(=O)o2)cc1OC. The second-order valence-corrected chi connectivity index (χ2v) is 7.04. The van der Waals surface area contributed by atoms with Crippen LogP contribution in [0.15, 0.2) is 69.9 Å². The van der Waals surface area contributed by atoms with Crippen molar-refractivity contribution < 1.29 is 18.6 Å². The standard InChI is InChI=1S/C25H22O5/c1-15-11-20(23-13-17-7-5-6-8-19(17)25(26)30-23)22(12-16(15)2)29-18-9-10-21(27-3)24(14-18)28-4/h5-14H,1-4H3. The molecule has 5 heteroatoms. The van der Waals surface area contributed by atoms with Crippen LogP contribution >= 0.6 is 0 Å². The third kappa shape index (κ3) is 3.62. The molecular weight excluding hydrogens is 380 g/mol. The Kier molecular flexibility index (Phi) is 5.19. The van der Waals surface area contributed by atoms with Gasteiger partial charge >= 0.3 is 5.63 Å². The Morgan fingerprint density at radius 3 is 2.27 bits per heavy atom. The van der Waals surface area contributed by atoms with E-state index < -0.39 is 0 Å². The maximum absolute atomic E-state index is 12.5. The van der Waals surface area contributed by atoms with E-state index in [9.17, 15) is 4.79 Å². The number of benzene rings is 3. The molecule has 5 nitrogen and oxygen atoms in total. The number of hydrogen-bond donors (Lipinski definition) is 0. The van der Waals surface area contributed by atoms with E-state index in [4.69, 9.17) is 18.6 Å². The largest absolute Gasteiger partial charge is 0.493 e. The Hall–Kier alpha value is -3.73. The second kappa shape index (κ2) is 7.95. The predicted molar refractivity (Wildman–Crippen MR) is 117 cm³/mol. The molecule has 3 aromatic carbocycles. The highest BCUT2D eigenvalue weighted by atomic mass is 16.5. The minimum Gasteiger partial charge on any atom is -0.493 e. The third-order valence-electron chi connectivity index (χ3n) is 5.11. The van der Waals surface area contributed by atoms with Crippen LogP contribution in [0.2, 0.25) is 0 Å². The van der Waals surface area contributed by atoms with E-state index >= 15 is 0 Å². The summed E-state index contributed by atoms with van der Waals surface area (Å²) in [5.74, 6) is 2.81. The van der Waals surface area contributed by atoms with Crippen molar-refractivity contribution in [3.05, 3.63) is 82.2 Å². The molecule has 152 valence electrons.